The maximum absolute atomic E-state index is 12.7. The summed E-state index contributed by atoms with van der Waals surface area (Å²) in [6.45, 7) is 6.34. The van der Waals surface area contributed by atoms with Gasteiger partial charge in [0.2, 0.25) is 0 Å². The summed E-state index contributed by atoms with van der Waals surface area (Å²) >= 11 is 0. The van der Waals surface area contributed by atoms with Gasteiger partial charge in [0.15, 0.2) is 6.10 Å². The molecule has 0 bridgehead atoms. The van der Waals surface area contributed by atoms with Gasteiger partial charge in [0.05, 0.1) is 0 Å². The molecule has 0 aromatic rings. The van der Waals surface area contributed by atoms with Gasteiger partial charge in [-0.15, -0.1) is 0 Å². The first-order valence-corrected chi connectivity index (χ1v) is 24.9. The minimum Gasteiger partial charge on any atom is -0.462 e. The van der Waals surface area contributed by atoms with Gasteiger partial charge in [-0.1, -0.05) is 190 Å². The lowest BCUT2D eigenvalue weighted by Gasteiger charge is -2.18. The first kappa shape index (κ1) is 56.9. The van der Waals surface area contributed by atoms with E-state index in [1.807, 2.05) is 0 Å². The van der Waals surface area contributed by atoms with Crippen LogP contribution in [0.5, 0.6) is 0 Å². The summed E-state index contributed by atoms with van der Waals surface area (Å²) in [6.07, 6.45) is 60.5. The minimum absolute atomic E-state index is 0.0995. The fourth-order valence-corrected chi connectivity index (χ4v) is 6.73. The van der Waals surface area contributed by atoms with Crippen LogP contribution in [0, 0.1) is 0 Å². The number of hydrogen-bond donors (Lipinski definition) is 0. The van der Waals surface area contributed by atoms with E-state index in [0.29, 0.717) is 19.3 Å². The van der Waals surface area contributed by atoms with Crippen LogP contribution in [0.1, 0.15) is 233 Å². The Balaban J connectivity index is 4.37. The molecule has 0 aliphatic carbocycles. The van der Waals surface area contributed by atoms with Crippen LogP contribution in [0.2, 0.25) is 0 Å². The van der Waals surface area contributed by atoms with E-state index in [4.69, 9.17) is 14.2 Å². The summed E-state index contributed by atoms with van der Waals surface area (Å²) in [5.41, 5.74) is 0. The lowest BCUT2D eigenvalue weighted by molar-refractivity contribution is -0.167. The minimum atomic E-state index is -0.803. The van der Waals surface area contributed by atoms with E-state index in [-0.39, 0.29) is 37.5 Å². The molecule has 0 radical (unpaired) electrons. The molecule has 0 aromatic heterocycles. The SMILES string of the molecule is CC/C=C\C/C=C\C/C=C\CCCC(=O)OCC(COC(=O)CCCCCCCCC/C=C\CCCCCCCCCC)OC(=O)CCCCCCC/C=C\C/C=C\CC. The molecule has 0 aliphatic rings. The van der Waals surface area contributed by atoms with Crippen molar-refractivity contribution >= 4 is 17.9 Å². The Morgan fingerprint density at radius 3 is 1.10 bits per heavy atom. The number of carbonyl (C=O) groups excluding carboxylic acids is 3. The van der Waals surface area contributed by atoms with Crippen molar-refractivity contribution in [2.75, 3.05) is 13.2 Å². The lowest BCUT2D eigenvalue weighted by atomic mass is 10.1. The Hall–Kier alpha value is -3.15. The van der Waals surface area contributed by atoms with Gasteiger partial charge in [-0.2, -0.15) is 0 Å². The number of ether oxygens (including phenoxy) is 3. The summed E-state index contributed by atoms with van der Waals surface area (Å²) in [5, 5.41) is 0. The second kappa shape index (κ2) is 48.5. The lowest BCUT2D eigenvalue weighted by Crippen LogP contribution is -2.30. The van der Waals surface area contributed by atoms with Crippen molar-refractivity contribution < 1.29 is 28.6 Å². The molecule has 60 heavy (non-hydrogen) atoms. The third-order valence-corrected chi connectivity index (χ3v) is 10.4. The largest absolute Gasteiger partial charge is 0.462 e. The second-order valence-electron chi connectivity index (χ2n) is 16.3. The predicted molar refractivity (Wildman–Crippen MR) is 256 cm³/mol. The Kier molecular flexibility index (Phi) is 46.0. The summed E-state index contributed by atoms with van der Waals surface area (Å²) in [7, 11) is 0. The topological polar surface area (TPSA) is 78.9 Å². The van der Waals surface area contributed by atoms with E-state index >= 15 is 0 Å². The number of unbranched alkanes of at least 4 members (excludes halogenated alkanes) is 21. The molecule has 0 aliphatic heterocycles. The number of rotatable bonds is 44. The first-order chi connectivity index (χ1) is 29.5. The monoisotopic (exact) mass is 837 g/mol. The molecule has 0 saturated carbocycles. The van der Waals surface area contributed by atoms with Gasteiger partial charge in [-0.3, -0.25) is 14.4 Å². The molecule has 0 heterocycles. The molecule has 6 heteroatoms. The summed E-state index contributed by atoms with van der Waals surface area (Å²) < 4.78 is 16.7. The number of carbonyl (C=O) groups is 3. The smallest absolute Gasteiger partial charge is 0.306 e. The van der Waals surface area contributed by atoms with Gasteiger partial charge in [0, 0.05) is 19.3 Å². The van der Waals surface area contributed by atoms with Crippen molar-refractivity contribution in [3.63, 3.8) is 0 Å². The fraction of sp³-hybridized carbons (Fsp3) is 0.722. The van der Waals surface area contributed by atoms with E-state index in [9.17, 15) is 14.4 Å². The Bertz CT molecular complexity index is 1140. The van der Waals surface area contributed by atoms with Gasteiger partial charge in [0.25, 0.3) is 0 Å². The molecule has 0 saturated heterocycles. The second-order valence-corrected chi connectivity index (χ2v) is 16.3. The Morgan fingerprint density at radius 2 is 0.667 bits per heavy atom. The normalized spacial score (nSPS) is 12.7. The van der Waals surface area contributed by atoms with Crippen molar-refractivity contribution in [2.24, 2.45) is 0 Å². The summed E-state index contributed by atoms with van der Waals surface area (Å²) in [4.78, 5) is 37.8. The van der Waals surface area contributed by atoms with Gasteiger partial charge in [-0.25, -0.2) is 0 Å². The van der Waals surface area contributed by atoms with Crippen LogP contribution >= 0.6 is 0 Å². The zero-order valence-corrected chi connectivity index (χ0v) is 39.2. The van der Waals surface area contributed by atoms with Crippen LogP contribution in [-0.2, 0) is 28.6 Å². The number of allylic oxidation sites excluding steroid dienone is 12. The molecule has 0 rings (SSSR count). The highest BCUT2D eigenvalue weighted by molar-refractivity contribution is 5.71. The zero-order valence-electron chi connectivity index (χ0n) is 39.2. The van der Waals surface area contributed by atoms with E-state index in [1.165, 1.54) is 89.9 Å². The molecule has 0 aromatic carbocycles. The van der Waals surface area contributed by atoms with E-state index in [1.54, 1.807) is 0 Å². The van der Waals surface area contributed by atoms with Gasteiger partial charge < -0.3 is 14.2 Å². The maximum Gasteiger partial charge on any atom is 0.306 e. The van der Waals surface area contributed by atoms with Gasteiger partial charge in [-0.05, 0) is 96.3 Å². The predicted octanol–water partition coefficient (Wildman–Crippen LogP) is 16.3. The Morgan fingerprint density at radius 1 is 0.350 bits per heavy atom. The van der Waals surface area contributed by atoms with Crippen LogP contribution in [0.3, 0.4) is 0 Å². The first-order valence-electron chi connectivity index (χ1n) is 24.9. The summed E-state index contributed by atoms with van der Waals surface area (Å²) in [5.74, 6) is -0.978. The molecular weight excluding hydrogens is 745 g/mol. The number of hydrogen-bond acceptors (Lipinski definition) is 6. The van der Waals surface area contributed by atoms with Crippen LogP contribution in [0.15, 0.2) is 72.9 Å². The van der Waals surface area contributed by atoms with Crippen molar-refractivity contribution in [2.45, 2.75) is 239 Å². The third-order valence-electron chi connectivity index (χ3n) is 10.4. The van der Waals surface area contributed by atoms with E-state index < -0.39 is 6.10 Å². The molecule has 0 N–H and O–H groups in total. The van der Waals surface area contributed by atoms with Crippen LogP contribution in [-0.4, -0.2) is 37.2 Å². The van der Waals surface area contributed by atoms with Crippen LogP contribution < -0.4 is 0 Å². The molecule has 1 unspecified atom stereocenters. The quantitative estimate of drug-likeness (QED) is 0.0263. The van der Waals surface area contributed by atoms with Crippen LogP contribution in [0.25, 0.3) is 0 Å². The average Bonchev–Trinajstić information content (AvgIpc) is 3.24. The summed E-state index contributed by atoms with van der Waals surface area (Å²) in [6, 6.07) is 0. The van der Waals surface area contributed by atoms with Gasteiger partial charge >= 0.3 is 17.9 Å². The molecule has 0 amide bonds. The third kappa shape index (κ3) is 45.9. The fourth-order valence-electron chi connectivity index (χ4n) is 6.73. The van der Waals surface area contributed by atoms with Crippen molar-refractivity contribution in [1.29, 1.82) is 0 Å². The highest BCUT2D eigenvalue weighted by Crippen LogP contribution is 2.14. The molecule has 6 nitrogen and oxygen atoms in total. The maximum atomic E-state index is 12.7. The Labute approximate surface area is 370 Å². The van der Waals surface area contributed by atoms with Crippen molar-refractivity contribution in [1.82, 2.24) is 0 Å². The van der Waals surface area contributed by atoms with Crippen LogP contribution in [0.4, 0.5) is 0 Å². The molecule has 0 fully saturated rings. The number of esters is 3. The molecule has 0 spiro atoms. The highest BCUT2D eigenvalue weighted by Gasteiger charge is 2.19. The highest BCUT2D eigenvalue weighted by atomic mass is 16.6. The van der Waals surface area contributed by atoms with Gasteiger partial charge in [0.1, 0.15) is 13.2 Å². The van der Waals surface area contributed by atoms with Crippen molar-refractivity contribution in [3.8, 4) is 0 Å². The molecule has 1 atom stereocenters. The molecule has 344 valence electrons. The van der Waals surface area contributed by atoms with E-state index in [2.05, 4.69) is 93.7 Å². The zero-order chi connectivity index (χ0) is 43.7. The average molecular weight is 837 g/mol. The standard InChI is InChI=1S/C54H92O6/c1-4-7-10-13-16-19-22-24-25-26-27-28-29-30-33-35-38-41-44-47-53(56)59-50-51(49-58-52(55)46-43-40-37-34-31-21-18-15-12-9-6-3)60-54(57)48-45-42-39-36-32-23-20-17-14-11-8-5-2/h8-9,11-12,17-18,20-21,26-27,34,37,51H,4-7,10,13-16,19,22-25,28-33,35-36,38-50H2,1-3H3/b11-8-,12-9-,20-17-,21-18-,27-26-,37-34-. The van der Waals surface area contributed by atoms with E-state index in [0.717, 1.165) is 96.3 Å². The molecular formula is C54H92O6. The van der Waals surface area contributed by atoms with Crippen molar-refractivity contribution in [3.05, 3.63) is 72.9 Å².